The van der Waals surface area contributed by atoms with Crippen molar-refractivity contribution >= 4 is 28.9 Å². The van der Waals surface area contributed by atoms with Crippen LogP contribution in [0.5, 0.6) is 0 Å². The van der Waals surface area contributed by atoms with Gasteiger partial charge >= 0.3 is 0 Å². The number of nitrogens with zero attached hydrogens (tertiary/aromatic N) is 1. The molecule has 3 nitrogen and oxygen atoms in total. The van der Waals surface area contributed by atoms with Crippen molar-refractivity contribution in [3.8, 4) is 0 Å². The van der Waals surface area contributed by atoms with E-state index in [0.717, 1.165) is 19.5 Å². The summed E-state index contributed by atoms with van der Waals surface area (Å²) < 4.78 is 0. The second-order valence-electron chi connectivity index (χ2n) is 6.43. The Morgan fingerprint density at radius 2 is 1.69 bits per heavy atom. The van der Waals surface area contributed by atoms with Gasteiger partial charge in [-0.05, 0) is 47.9 Å². The molecule has 0 fully saturated rings. The molecule has 0 aromatic heterocycles. The van der Waals surface area contributed by atoms with Crippen LogP contribution in [-0.2, 0) is 13.0 Å². The number of hydrogen-bond donors (Lipinski definition) is 1. The molecule has 3 aromatic rings. The summed E-state index contributed by atoms with van der Waals surface area (Å²) >= 11 is 6.10. The zero-order valence-corrected chi connectivity index (χ0v) is 15.0. The van der Waals surface area contributed by atoms with Crippen LogP contribution in [0.3, 0.4) is 0 Å². The van der Waals surface area contributed by atoms with Crippen LogP contribution in [0.4, 0.5) is 11.4 Å². The highest BCUT2D eigenvalue weighted by atomic mass is 35.5. The predicted molar refractivity (Wildman–Crippen MR) is 107 cm³/mol. The molecule has 0 aliphatic carbocycles. The molecule has 0 unspecified atom stereocenters. The highest BCUT2D eigenvalue weighted by Crippen LogP contribution is 2.29. The Kier molecular flexibility index (Phi) is 4.63. The van der Waals surface area contributed by atoms with Crippen molar-refractivity contribution < 1.29 is 4.79 Å². The second-order valence-corrected chi connectivity index (χ2v) is 6.84. The fraction of sp³-hybridized carbons (Fsp3) is 0.136. The molecule has 1 aliphatic rings. The first-order valence-corrected chi connectivity index (χ1v) is 9.06. The lowest BCUT2D eigenvalue weighted by molar-refractivity contribution is 0.102. The van der Waals surface area contributed by atoms with Crippen molar-refractivity contribution in [3.63, 3.8) is 0 Å². The van der Waals surface area contributed by atoms with Crippen LogP contribution in [0.2, 0.25) is 5.02 Å². The van der Waals surface area contributed by atoms with E-state index in [1.54, 1.807) is 12.1 Å². The van der Waals surface area contributed by atoms with Gasteiger partial charge in [0.2, 0.25) is 0 Å². The molecule has 1 amide bonds. The van der Waals surface area contributed by atoms with Crippen molar-refractivity contribution in [1.82, 2.24) is 0 Å². The van der Waals surface area contributed by atoms with Crippen LogP contribution in [0.1, 0.15) is 21.5 Å². The monoisotopic (exact) mass is 362 g/mol. The Hall–Kier alpha value is -2.78. The van der Waals surface area contributed by atoms with Gasteiger partial charge in [0.25, 0.3) is 5.91 Å². The van der Waals surface area contributed by atoms with E-state index in [1.165, 1.54) is 16.8 Å². The number of amides is 1. The van der Waals surface area contributed by atoms with Crippen LogP contribution >= 0.6 is 11.6 Å². The zero-order chi connectivity index (χ0) is 17.9. The van der Waals surface area contributed by atoms with E-state index in [4.69, 9.17) is 11.6 Å². The molecule has 0 bridgehead atoms. The average Bonchev–Trinajstić information content (AvgIpc) is 3.07. The van der Waals surface area contributed by atoms with E-state index in [9.17, 15) is 4.79 Å². The first kappa shape index (κ1) is 16.7. The Morgan fingerprint density at radius 1 is 0.962 bits per heavy atom. The van der Waals surface area contributed by atoms with Crippen LogP contribution < -0.4 is 10.2 Å². The van der Waals surface area contributed by atoms with Crippen molar-refractivity contribution in [2.45, 2.75) is 13.0 Å². The lowest BCUT2D eigenvalue weighted by atomic mass is 10.1. The summed E-state index contributed by atoms with van der Waals surface area (Å²) in [6.45, 7) is 1.89. The summed E-state index contributed by atoms with van der Waals surface area (Å²) in [5.41, 5.74) is 5.15. The van der Waals surface area contributed by atoms with Crippen molar-refractivity contribution in [3.05, 3.63) is 94.5 Å². The van der Waals surface area contributed by atoms with Gasteiger partial charge in [0.15, 0.2) is 0 Å². The molecule has 0 atom stereocenters. The summed E-state index contributed by atoms with van der Waals surface area (Å²) in [5, 5.41) is 3.38. The number of anilines is 2. The van der Waals surface area contributed by atoms with Gasteiger partial charge in [-0.15, -0.1) is 0 Å². The van der Waals surface area contributed by atoms with E-state index in [0.29, 0.717) is 16.3 Å². The van der Waals surface area contributed by atoms with Crippen molar-refractivity contribution in [2.75, 3.05) is 16.8 Å². The minimum Gasteiger partial charge on any atom is -0.367 e. The smallest absolute Gasteiger partial charge is 0.255 e. The summed E-state index contributed by atoms with van der Waals surface area (Å²) in [4.78, 5) is 14.8. The quantitative estimate of drug-likeness (QED) is 0.695. The van der Waals surface area contributed by atoms with Gasteiger partial charge in [0.05, 0.1) is 10.7 Å². The molecule has 0 saturated carbocycles. The highest BCUT2D eigenvalue weighted by Gasteiger charge is 2.18. The first-order chi connectivity index (χ1) is 12.7. The number of carbonyl (C=O) groups is 1. The molecule has 1 heterocycles. The third-order valence-corrected chi connectivity index (χ3v) is 5.02. The number of para-hydroxylation sites is 2. The number of rotatable bonds is 4. The Morgan fingerprint density at radius 3 is 2.50 bits per heavy atom. The number of carbonyl (C=O) groups excluding carboxylic acids is 1. The summed E-state index contributed by atoms with van der Waals surface area (Å²) in [7, 11) is 0. The van der Waals surface area contributed by atoms with Crippen LogP contribution in [0, 0.1) is 0 Å². The Bertz CT molecular complexity index is 937. The number of nitrogens with one attached hydrogen (secondary N) is 1. The SMILES string of the molecule is O=C(Nc1ccccc1Cl)c1ccc(CN2CCc3ccccc32)cc1. The van der Waals surface area contributed by atoms with Gasteiger partial charge < -0.3 is 10.2 Å². The number of fused-ring (bicyclic) bond motifs is 1. The molecular weight excluding hydrogens is 344 g/mol. The molecular formula is C22H19ClN2O. The van der Waals surface area contributed by atoms with Gasteiger partial charge in [0, 0.05) is 24.3 Å². The maximum absolute atomic E-state index is 12.4. The van der Waals surface area contributed by atoms with Gasteiger partial charge in [-0.2, -0.15) is 0 Å². The first-order valence-electron chi connectivity index (χ1n) is 8.68. The fourth-order valence-corrected chi connectivity index (χ4v) is 3.49. The molecule has 4 heteroatoms. The third-order valence-electron chi connectivity index (χ3n) is 4.69. The van der Waals surface area contributed by atoms with Gasteiger partial charge in [-0.3, -0.25) is 4.79 Å². The normalized spacial score (nSPS) is 12.7. The molecule has 0 saturated heterocycles. The van der Waals surface area contributed by atoms with E-state index in [2.05, 4.69) is 34.5 Å². The van der Waals surface area contributed by atoms with Crippen LogP contribution in [0.15, 0.2) is 72.8 Å². The summed E-state index contributed by atoms with van der Waals surface area (Å²) in [5.74, 6) is -0.156. The molecule has 0 spiro atoms. The van der Waals surface area contributed by atoms with Gasteiger partial charge in [0.1, 0.15) is 0 Å². The van der Waals surface area contributed by atoms with E-state index < -0.39 is 0 Å². The molecule has 1 aliphatic heterocycles. The maximum atomic E-state index is 12.4. The Labute approximate surface area is 158 Å². The second kappa shape index (κ2) is 7.22. The fourth-order valence-electron chi connectivity index (χ4n) is 3.31. The maximum Gasteiger partial charge on any atom is 0.255 e. The molecule has 3 aromatic carbocycles. The third kappa shape index (κ3) is 3.44. The summed E-state index contributed by atoms with van der Waals surface area (Å²) in [6.07, 6.45) is 1.09. The molecule has 4 rings (SSSR count). The Balaban J connectivity index is 1.44. The molecule has 0 radical (unpaired) electrons. The van der Waals surface area contributed by atoms with Crippen molar-refractivity contribution in [1.29, 1.82) is 0 Å². The lowest BCUT2D eigenvalue weighted by Crippen LogP contribution is -2.19. The molecule has 26 heavy (non-hydrogen) atoms. The lowest BCUT2D eigenvalue weighted by Gasteiger charge is -2.19. The number of halogens is 1. The zero-order valence-electron chi connectivity index (χ0n) is 14.3. The highest BCUT2D eigenvalue weighted by molar-refractivity contribution is 6.33. The van der Waals surface area contributed by atoms with Gasteiger partial charge in [-0.1, -0.05) is 54.1 Å². The minimum absolute atomic E-state index is 0.156. The minimum atomic E-state index is -0.156. The number of hydrogen-bond acceptors (Lipinski definition) is 2. The molecule has 1 N–H and O–H groups in total. The van der Waals surface area contributed by atoms with Gasteiger partial charge in [-0.25, -0.2) is 0 Å². The van der Waals surface area contributed by atoms with Crippen molar-refractivity contribution in [2.24, 2.45) is 0 Å². The van der Waals surface area contributed by atoms with E-state index in [1.807, 2.05) is 36.4 Å². The largest absolute Gasteiger partial charge is 0.367 e. The summed E-state index contributed by atoms with van der Waals surface area (Å²) in [6, 6.07) is 23.5. The predicted octanol–water partition coefficient (Wildman–Crippen LogP) is 5.16. The number of benzene rings is 3. The average molecular weight is 363 g/mol. The molecule has 130 valence electrons. The standard InChI is InChI=1S/C22H19ClN2O/c23-19-6-2-3-7-20(19)24-22(26)18-11-9-16(10-12-18)15-25-14-13-17-5-1-4-8-21(17)25/h1-12H,13-15H2,(H,24,26). The van der Waals surface area contributed by atoms with E-state index in [-0.39, 0.29) is 5.91 Å². The van der Waals surface area contributed by atoms with Crippen LogP contribution in [0.25, 0.3) is 0 Å². The topological polar surface area (TPSA) is 32.3 Å². The van der Waals surface area contributed by atoms with E-state index >= 15 is 0 Å². The van der Waals surface area contributed by atoms with Crippen LogP contribution in [-0.4, -0.2) is 12.5 Å².